The van der Waals surface area contributed by atoms with E-state index < -0.39 is 0 Å². The summed E-state index contributed by atoms with van der Waals surface area (Å²) in [6, 6.07) is 0.240. The third-order valence-corrected chi connectivity index (χ3v) is 3.05. The van der Waals surface area contributed by atoms with Crippen molar-refractivity contribution < 1.29 is 4.74 Å². The molecule has 1 aliphatic heterocycles. The van der Waals surface area contributed by atoms with Gasteiger partial charge < -0.3 is 10.1 Å². The molecule has 1 saturated heterocycles. The normalized spacial score (nSPS) is 25.9. The Kier molecular flexibility index (Phi) is 4.26. The molecule has 0 saturated carbocycles. The summed E-state index contributed by atoms with van der Waals surface area (Å²) in [4.78, 5) is 4.56. The van der Waals surface area contributed by atoms with Crippen LogP contribution in [-0.2, 0) is 4.74 Å². The van der Waals surface area contributed by atoms with Gasteiger partial charge in [0.1, 0.15) is 0 Å². The van der Waals surface area contributed by atoms with Gasteiger partial charge in [-0.2, -0.15) is 0 Å². The summed E-state index contributed by atoms with van der Waals surface area (Å²) in [7, 11) is 1.71. The molecule has 4 heteroatoms. The van der Waals surface area contributed by atoms with Gasteiger partial charge in [0.15, 0.2) is 5.17 Å². The van der Waals surface area contributed by atoms with Crippen LogP contribution in [0.1, 0.15) is 27.2 Å². The molecule has 0 spiro atoms. The van der Waals surface area contributed by atoms with Gasteiger partial charge >= 0.3 is 0 Å². The van der Waals surface area contributed by atoms with Gasteiger partial charge in [-0.1, -0.05) is 11.8 Å². The lowest BCUT2D eigenvalue weighted by atomic mass is 10.0. The Morgan fingerprint density at radius 3 is 2.93 bits per heavy atom. The van der Waals surface area contributed by atoms with Crippen LogP contribution in [0.5, 0.6) is 0 Å². The average molecular weight is 216 g/mol. The van der Waals surface area contributed by atoms with E-state index in [1.807, 2.05) is 0 Å². The van der Waals surface area contributed by atoms with E-state index >= 15 is 0 Å². The predicted molar refractivity (Wildman–Crippen MR) is 63.1 cm³/mol. The molecule has 14 heavy (non-hydrogen) atoms. The van der Waals surface area contributed by atoms with Crippen LogP contribution in [0.15, 0.2) is 4.99 Å². The Bertz CT molecular complexity index is 216. The van der Waals surface area contributed by atoms with Crippen molar-refractivity contribution in [3.05, 3.63) is 0 Å². The first kappa shape index (κ1) is 11.9. The zero-order valence-electron chi connectivity index (χ0n) is 9.46. The lowest BCUT2D eigenvalue weighted by Crippen LogP contribution is -2.46. The number of ether oxygens (including phenoxy) is 1. The maximum Gasteiger partial charge on any atom is 0.157 e. The first-order valence-electron chi connectivity index (χ1n) is 5.01. The fraction of sp³-hybridized carbons (Fsp3) is 0.900. The molecule has 1 fully saturated rings. The number of thioether (sulfide) groups is 1. The van der Waals surface area contributed by atoms with E-state index in [0.29, 0.717) is 6.61 Å². The molecule has 0 radical (unpaired) electrons. The molecular weight excluding hydrogens is 196 g/mol. The number of rotatable bonds is 3. The minimum absolute atomic E-state index is 0.191. The van der Waals surface area contributed by atoms with Crippen LogP contribution in [-0.4, -0.2) is 36.2 Å². The van der Waals surface area contributed by atoms with E-state index in [4.69, 9.17) is 4.74 Å². The number of methoxy groups -OCH3 is 1. The smallest absolute Gasteiger partial charge is 0.157 e. The van der Waals surface area contributed by atoms with Crippen molar-refractivity contribution >= 4 is 16.9 Å². The third-order valence-electron chi connectivity index (χ3n) is 2.16. The standard InChI is InChI=1S/C10H20N2OS/c1-8(7-13-4)11-9-12-10(2,3)5-6-14-9/h8H,5-7H2,1-4H3,(H,11,12). The Morgan fingerprint density at radius 2 is 2.36 bits per heavy atom. The van der Waals surface area contributed by atoms with E-state index in [1.54, 1.807) is 18.9 Å². The van der Waals surface area contributed by atoms with Gasteiger partial charge in [0.2, 0.25) is 0 Å². The summed E-state index contributed by atoms with van der Waals surface area (Å²) >= 11 is 1.80. The van der Waals surface area contributed by atoms with Crippen molar-refractivity contribution in [1.82, 2.24) is 5.32 Å². The average Bonchev–Trinajstić information content (AvgIpc) is 2.02. The number of aliphatic imine (C=N–C) groups is 1. The molecule has 0 amide bonds. The van der Waals surface area contributed by atoms with Crippen LogP contribution in [0, 0.1) is 0 Å². The summed E-state index contributed by atoms with van der Waals surface area (Å²) in [6.45, 7) is 7.18. The highest BCUT2D eigenvalue weighted by Gasteiger charge is 2.24. The largest absolute Gasteiger partial charge is 0.382 e. The number of hydrogen-bond donors (Lipinski definition) is 1. The highest BCUT2D eigenvalue weighted by Crippen LogP contribution is 2.21. The highest BCUT2D eigenvalue weighted by molar-refractivity contribution is 8.13. The van der Waals surface area contributed by atoms with Crippen LogP contribution in [0.3, 0.4) is 0 Å². The Hall–Kier alpha value is -0.220. The Morgan fingerprint density at radius 1 is 1.64 bits per heavy atom. The molecule has 3 nitrogen and oxygen atoms in total. The van der Waals surface area contributed by atoms with E-state index in [-0.39, 0.29) is 11.6 Å². The number of nitrogens with one attached hydrogen (secondary N) is 1. The van der Waals surface area contributed by atoms with E-state index in [2.05, 4.69) is 31.1 Å². The van der Waals surface area contributed by atoms with Gasteiger partial charge in [0.25, 0.3) is 0 Å². The molecule has 1 rings (SSSR count). The molecule has 1 N–H and O–H groups in total. The molecule has 82 valence electrons. The molecule has 0 aromatic rings. The van der Waals surface area contributed by atoms with Gasteiger partial charge in [0, 0.05) is 18.4 Å². The predicted octanol–water partition coefficient (Wildman–Crippen LogP) is 1.88. The van der Waals surface area contributed by atoms with Gasteiger partial charge in [-0.05, 0) is 27.2 Å². The van der Waals surface area contributed by atoms with Crippen molar-refractivity contribution in [3.8, 4) is 0 Å². The van der Waals surface area contributed by atoms with Crippen LogP contribution in [0.25, 0.3) is 0 Å². The summed E-state index contributed by atoms with van der Waals surface area (Å²) < 4.78 is 5.05. The van der Waals surface area contributed by atoms with Crippen LogP contribution in [0.4, 0.5) is 0 Å². The summed E-state index contributed by atoms with van der Waals surface area (Å²) in [5, 5.41) is 4.50. The minimum Gasteiger partial charge on any atom is -0.382 e. The second kappa shape index (κ2) is 5.03. The lowest BCUT2D eigenvalue weighted by Gasteiger charge is -2.32. The van der Waals surface area contributed by atoms with Crippen molar-refractivity contribution in [3.63, 3.8) is 0 Å². The first-order valence-corrected chi connectivity index (χ1v) is 6.00. The van der Waals surface area contributed by atoms with E-state index in [1.165, 1.54) is 6.42 Å². The van der Waals surface area contributed by atoms with Crippen molar-refractivity contribution in [2.75, 3.05) is 19.5 Å². The second-order valence-corrected chi connectivity index (χ2v) is 5.43. The topological polar surface area (TPSA) is 33.6 Å². The van der Waals surface area contributed by atoms with Gasteiger partial charge in [0.05, 0.1) is 12.6 Å². The monoisotopic (exact) mass is 216 g/mol. The van der Waals surface area contributed by atoms with Crippen molar-refractivity contribution in [1.29, 1.82) is 0 Å². The Labute approximate surface area is 90.7 Å². The zero-order chi connectivity index (χ0) is 10.6. The molecule has 0 aliphatic carbocycles. The molecule has 1 unspecified atom stereocenters. The summed E-state index contributed by atoms with van der Waals surface area (Å²) in [6.07, 6.45) is 1.19. The molecule has 0 bridgehead atoms. The maximum atomic E-state index is 5.05. The fourth-order valence-electron chi connectivity index (χ4n) is 1.34. The third kappa shape index (κ3) is 3.88. The Balaban J connectivity index is 2.51. The second-order valence-electron chi connectivity index (χ2n) is 4.35. The number of hydrogen-bond acceptors (Lipinski definition) is 3. The van der Waals surface area contributed by atoms with Gasteiger partial charge in [-0.25, -0.2) is 0 Å². The summed E-state index contributed by atoms with van der Waals surface area (Å²) in [5.74, 6) is 1.15. The van der Waals surface area contributed by atoms with Gasteiger partial charge in [-0.3, -0.25) is 4.99 Å². The molecule has 0 aromatic heterocycles. The quantitative estimate of drug-likeness (QED) is 0.782. The first-order chi connectivity index (χ1) is 6.53. The molecule has 0 aromatic carbocycles. The van der Waals surface area contributed by atoms with E-state index in [9.17, 15) is 0 Å². The lowest BCUT2D eigenvalue weighted by molar-refractivity contribution is 0.185. The van der Waals surface area contributed by atoms with Crippen LogP contribution in [0.2, 0.25) is 0 Å². The fourth-order valence-corrected chi connectivity index (χ4v) is 2.75. The SMILES string of the molecule is COCC(C)N=C1NC(C)(C)CCS1. The van der Waals surface area contributed by atoms with Gasteiger partial charge in [-0.15, -0.1) is 0 Å². The molecule has 1 heterocycles. The molecule has 1 aliphatic rings. The number of nitrogens with zero attached hydrogens (tertiary/aromatic N) is 1. The van der Waals surface area contributed by atoms with E-state index in [0.717, 1.165) is 10.9 Å². The highest BCUT2D eigenvalue weighted by atomic mass is 32.2. The number of amidine groups is 1. The van der Waals surface area contributed by atoms with Crippen molar-refractivity contribution in [2.24, 2.45) is 4.99 Å². The van der Waals surface area contributed by atoms with Crippen LogP contribution >= 0.6 is 11.8 Å². The zero-order valence-corrected chi connectivity index (χ0v) is 10.3. The summed E-state index contributed by atoms with van der Waals surface area (Å²) in [5.41, 5.74) is 0.191. The molecular formula is C10H20N2OS. The minimum atomic E-state index is 0.191. The molecule has 1 atom stereocenters. The van der Waals surface area contributed by atoms with Crippen LogP contribution < -0.4 is 5.32 Å². The van der Waals surface area contributed by atoms with Crippen molar-refractivity contribution in [2.45, 2.75) is 38.8 Å². The maximum absolute atomic E-state index is 5.05.